The van der Waals surface area contributed by atoms with Gasteiger partial charge in [-0.1, -0.05) is 18.2 Å². The molecule has 3 rings (SSSR count). The highest BCUT2D eigenvalue weighted by Crippen LogP contribution is 2.25. The molecule has 0 spiro atoms. The molecule has 1 aliphatic heterocycles. The highest BCUT2D eigenvalue weighted by atomic mass is 32.1. The van der Waals surface area contributed by atoms with Crippen LogP contribution in [0.15, 0.2) is 41.8 Å². The van der Waals surface area contributed by atoms with Gasteiger partial charge in [-0.3, -0.25) is 9.69 Å². The summed E-state index contributed by atoms with van der Waals surface area (Å²) in [5.41, 5.74) is 0.982. The maximum Gasteiger partial charge on any atom is 0.220 e. The van der Waals surface area contributed by atoms with Gasteiger partial charge in [-0.15, -0.1) is 11.3 Å². The first-order valence-corrected chi connectivity index (χ1v) is 9.97. The Labute approximate surface area is 158 Å². The van der Waals surface area contributed by atoms with Crippen molar-refractivity contribution in [3.63, 3.8) is 0 Å². The zero-order valence-corrected chi connectivity index (χ0v) is 16.0. The molecule has 1 aromatic carbocycles. The Morgan fingerprint density at radius 1 is 1.19 bits per heavy atom. The Kier molecular flexibility index (Phi) is 6.77. The van der Waals surface area contributed by atoms with Gasteiger partial charge >= 0.3 is 0 Å². The molecular formula is C20H26FN3OS. The van der Waals surface area contributed by atoms with Crippen LogP contribution < -0.4 is 5.32 Å². The summed E-state index contributed by atoms with van der Waals surface area (Å²) in [7, 11) is 2.15. The number of nitrogens with one attached hydrogen (secondary N) is 1. The largest absolute Gasteiger partial charge is 0.354 e. The van der Waals surface area contributed by atoms with Crippen LogP contribution in [-0.4, -0.2) is 55.5 Å². The minimum atomic E-state index is -0.246. The van der Waals surface area contributed by atoms with Crippen molar-refractivity contribution in [2.75, 3.05) is 39.8 Å². The molecule has 4 nitrogen and oxygen atoms in total. The number of hydrogen-bond acceptors (Lipinski definition) is 4. The first kappa shape index (κ1) is 19.0. The molecule has 1 atom stereocenters. The van der Waals surface area contributed by atoms with Gasteiger partial charge in [0, 0.05) is 44.0 Å². The lowest BCUT2D eigenvalue weighted by Gasteiger charge is -2.37. The van der Waals surface area contributed by atoms with Crippen molar-refractivity contribution in [1.82, 2.24) is 15.1 Å². The highest BCUT2D eigenvalue weighted by molar-refractivity contribution is 7.10. The van der Waals surface area contributed by atoms with E-state index in [-0.39, 0.29) is 17.8 Å². The van der Waals surface area contributed by atoms with Crippen molar-refractivity contribution in [2.24, 2.45) is 0 Å². The standard InChI is InChI=1S/C20H26FN3OS/c1-23-10-12-24(13-11-23)18(19-3-2-14-26-19)15-22-20(25)9-6-16-4-7-17(21)8-5-16/h2-5,7-8,14,18H,6,9-13,15H2,1H3,(H,22,25). The molecule has 2 aromatic rings. The van der Waals surface area contributed by atoms with Crippen molar-refractivity contribution < 1.29 is 9.18 Å². The number of amides is 1. The van der Waals surface area contributed by atoms with Gasteiger partial charge in [0.1, 0.15) is 5.82 Å². The first-order chi connectivity index (χ1) is 12.6. The Hall–Kier alpha value is -1.76. The number of rotatable bonds is 7. The summed E-state index contributed by atoms with van der Waals surface area (Å²) in [6.45, 7) is 4.78. The molecule has 6 heteroatoms. The van der Waals surface area contributed by atoms with Gasteiger partial charge in [0.25, 0.3) is 0 Å². The number of carbonyl (C=O) groups is 1. The van der Waals surface area contributed by atoms with Gasteiger partial charge < -0.3 is 10.2 Å². The van der Waals surface area contributed by atoms with Crippen molar-refractivity contribution >= 4 is 17.2 Å². The van der Waals surface area contributed by atoms with E-state index in [1.165, 1.54) is 17.0 Å². The van der Waals surface area contributed by atoms with Gasteiger partial charge in [-0.05, 0) is 42.6 Å². The Morgan fingerprint density at radius 2 is 1.92 bits per heavy atom. The van der Waals surface area contributed by atoms with Crippen molar-refractivity contribution in [3.05, 3.63) is 58.0 Å². The molecule has 1 amide bonds. The van der Waals surface area contributed by atoms with Gasteiger partial charge in [-0.25, -0.2) is 4.39 Å². The number of likely N-dealkylation sites (N-methyl/N-ethyl adjacent to an activating group) is 1. The predicted molar refractivity (Wildman–Crippen MR) is 104 cm³/mol. The number of piperazine rings is 1. The minimum Gasteiger partial charge on any atom is -0.354 e. The van der Waals surface area contributed by atoms with Crippen LogP contribution in [0.5, 0.6) is 0 Å². The predicted octanol–water partition coefficient (Wildman–Crippen LogP) is 2.92. The number of thiophene rings is 1. The molecule has 0 saturated carbocycles. The number of benzene rings is 1. The zero-order valence-electron chi connectivity index (χ0n) is 15.2. The third-order valence-corrected chi connectivity index (χ3v) is 5.87. The van der Waals surface area contributed by atoms with Gasteiger partial charge in [0.15, 0.2) is 0 Å². The first-order valence-electron chi connectivity index (χ1n) is 9.09. The average molecular weight is 376 g/mol. The Balaban J connectivity index is 1.52. The molecule has 1 aromatic heterocycles. The summed E-state index contributed by atoms with van der Waals surface area (Å²) < 4.78 is 12.9. The van der Waals surface area contributed by atoms with E-state index in [9.17, 15) is 9.18 Å². The summed E-state index contributed by atoms with van der Waals surface area (Å²) in [6.07, 6.45) is 1.05. The summed E-state index contributed by atoms with van der Waals surface area (Å²) in [5, 5.41) is 5.19. The molecule has 1 N–H and O–H groups in total. The SMILES string of the molecule is CN1CCN(C(CNC(=O)CCc2ccc(F)cc2)c2cccs2)CC1. The summed E-state index contributed by atoms with van der Waals surface area (Å²) in [5.74, 6) is -0.200. The molecule has 26 heavy (non-hydrogen) atoms. The lowest BCUT2D eigenvalue weighted by Crippen LogP contribution is -2.48. The van der Waals surface area contributed by atoms with E-state index in [0.29, 0.717) is 19.4 Å². The molecule has 140 valence electrons. The van der Waals surface area contributed by atoms with Crippen molar-refractivity contribution in [3.8, 4) is 0 Å². The van der Waals surface area contributed by atoms with E-state index in [1.54, 1.807) is 23.5 Å². The number of halogens is 1. The van der Waals surface area contributed by atoms with Gasteiger partial charge in [0.2, 0.25) is 5.91 Å². The second-order valence-electron chi connectivity index (χ2n) is 6.80. The summed E-state index contributed by atoms with van der Waals surface area (Å²) in [4.78, 5) is 18.4. The zero-order chi connectivity index (χ0) is 18.4. The number of carbonyl (C=O) groups excluding carboxylic acids is 1. The number of nitrogens with zero attached hydrogens (tertiary/aromatic N) is 2. The van der Waals surface area contributed by atoms with Crippen LogP contribution in [0.3, 0.4) is 0 Å². The topological polar surface area (TPSA) is 35.6 Å². The quantitative estimate of drug-likeness (QED) is 0.808. The molecule has 1 saturated heterocycles. The molecule has 0 bridgehead atoms. The summed E-state index contributed by atoms with van der Waals surface area (Å²) >= 11 is 1.75. The fraction of sp³-hybridized carbons (Fsp3) is 0.450. The van der Waals surface area contributed by atoms with E-state index < -0.39 is 0 Å². The molecular weight excluding hydrogens is 349 g/mol. The molecule has 1 aliphatic rings. The van der Waals surface area contributed by atoms with E-state index in [0.717, 1.165) is 31.7 Å². The normalized spacial score (nSPS) is 17.2. The van der Waals surface area contributed by atoms with Crippen LogP contribution in [0.25, 0.3) is 0 Å². The molecule has 1 unspecified atom stereocenters. The third-order valence-electron chi connectivity index (χ3n) is 4.90. The van der Waals surface area contributed by atoms with Gasteiger partial charge in [0.05, 0.1) is 6.04 Å². The Morgan fingerprint density at radius 3 is 2.58 bits per heavy atom. The number of aryl methyl sites for hydroxylation is 1. The van der Waals surface area contributed by atoms with E-state index >= 15 is 0 Å². The average Bonchev–Trinajstić information content (AvgIpc) is 3.17. The maximum absolute atomic E-state index is 12.9. The van der Waals surface area contributed by atoms with Crippen LogP contribution in [0.1, 0.15) is 22.9 Å². The fourth-order valence-corrected chi connectivity index (χ4v) is 4.09. The fourth-order valence-electron chi connectivity index (χ4n) is 3.23. The minimum absolute atomic E-state index is 0.0463. The summed E-state index contributed by atoms with van der Waals surface area (Å²) in [6, 6.07) is 10.8. The lowest BCUT2D eigenvalue weighted by atomic mass is 10.1. The monoisotopic (exact) mass is 375 g/mol. The van der Waals surface area contributed by atoms with Crippen LogP contribution >= 0.6 is 11.3 Å². The molecule has 2 heterocycles. The van der Waals surface area contributed by atoms with Gasteiger partial charge in [-0.2, -0.15) is 0 Å². The smallest absolute Gasteiger partial charge is 0.220 e. The Bertz CT molecular complexity index is 682. The molecule has 0 radical (unpaired) electrons. The second kappa shape index (κ2) is 9.26. The van der Waals surface area contributed by atoms with E-state index in [4.69, 9.17) is 0 Å². The third kappa shape index (κ3) is 5.37. The number of hydrogen-bond donors (Lipinski definition) is 1. The highest BCUT2D eigenvalue weighted by Gasteiger charge is 2.25. The van der Waals surface area contributed by atoms with Crippen LogP contribution in [0.2, 0.25) is 0 Å². The van der Waals surface area contributed by atoms with Crippen LogP contribution in [0, 0.1) is 5.82 Å². The maximum atomic E-state index is 12.9. The van der Waals surface area contributed by atoms with E-state index in [2.05, 4.69) is 39.7 Å². The lowest BCUT2D eigenvalue weighted by molar-refractivity contribution is -0.121. The van der Waals surface area contributed by atoms with Crippen molar-refractivity contribution in [2.45, 2.75) is 18.9 Å². The van der Waals surface area contributed by atoms with Crippen molar-refractivity contribution in [1.29, 1.82) is 0 Å². The van der Waals surface area contributed by atoms with Crippen LogP contribution in [0.4, 0.5) is 4.39 Å². The molecule has 0 aliphatic carbocycles. The van der Waals surface area contributed by atoms with Crippen LogP contribution in [-0.2, 0) is 11.2 Å². The second-order valence-corrected chi connectivity index (χ2v) is 7.78. The van der Waals surface area contributed by atoms with E-state index in [1.807, 2.05) is 0 Å². The molecule has 1 fully saturated rings.